The molecular weight excluding hydrogens is 384 g/mol. The number of hydrogen-bond acceptors (Lipinski definition) is 5. The highest BCUT2D eigenvalue weighted by molar-refractivity contribution is 7.89. The second-order valence-electron chi connectivity index (χ2n) is 7.90. The Labute approximate surface area is 171 Å². The Morgan fingerprint density at radius 1 is 0.897 bits per heavy atom. The highest BCUT2D eigenvalue weighted by atomic mass is 32.2. The number of aromatic nitrogens is 2. The lowest BCUT2D eigenvalue weighted by Crippen LogP contribution is -2.30. The van der Waals surface area contributed by atoms with Crippen LogP contribution in [-0.2, 0) is 10.0 Å². The Hall–Kier alpha value is -2.51. The molecular formula is C22H24N4O2S. The molecule has 6 nitrogen and oxygen atoms in total. The number of nitrogens with one attached hydrogen (secondary N) is 1. The van der Waals surface area contributed by atoms with Gasteiger partial charge in [-0.2, -0.15) is 0 Å². The van der Waals surface area contributed by atoms with Crippen LogP contribution in [-0.4, -0.2) is 37.5 Å². The number of rotatable bonds is 5. The minimum Gasteiger partial charge on any atom is -0.355 e. The van der Waals surface area contributed by atoms with Gasteiger partial charge in [0.05, 0.1) is 22.1 Å². The highest BCUT2D eigenvalue weighted by Crippen LogP contribution is 2.27. The summed E-state index contributed by atoms with van der Waals surface area (Å²) in [6.07, 6.45) is 7.39. The van der Waals surface area contributed by atoms with E-state index < -0.39 is 10.0 Å². The summed E-state index contributed by atoms with van der Waals surface area (Å²) < 4.78 is 27.4. The standard InChI is InChI=1S/C22H24N4O2S/c27-29(28,25-18-7-8-18)19-9-4-16(5-10-19)17-6-11-20-21(14-17)24-22(15-23-20)26-12-2-1-3-13-26/h4-6,9-11,14-15,18,25H,1-3,7-8,12-13H2. The van der Waals surface area contributed by atoms with Gasteiger partial charge in [0.25, 0.3) is 0 Å². The molecule has 1 aliphatic heterocycles. The predicted octanol–water partition coefficient (Wildman–Crippen LogP) is 3.73. The average molecular weight is 409 g/mol. The van der Waals surface area contributed by atoms with E-state index in [0.717, 1.165) is 53.9 Å². The molecule has 29 heavy (non-hydrogen) atoms. The van der Waals surface area contributed by atoms with Crippen molar-refractivity contribution in [1.29, 1.82) is 0 Å². The van der Waals surface area contributed by atoms with Crippen LogP contribution in [0.15, 0.2) is 53.6 Å². The van der Waals surface area contributed by atoms with E-state index in [4.69, 9.17) is 4.98 Å². The van der Waals surface area contributed by atoms with Gasteiger partial charge in [-0.25, -0.2) is 18.1 Å². The van der Waals surface area contributed by atoms with E-state index in [9.17, 15) is 8.42 Å². The highest BCUT2D eigenvalue weighted by Gasteiger charge is 2.27. The van der Waals surface area contributed by atoms with E-state index in [1.165, 1.54) is 19.3 Å². The molecule has 0 atom stereocenters. The average Bonchev–Trinajstić information content (AvgIpc) is 3.57. The minimum atomic E-state index is -3.43. The smallest absolute Gasteiger partial charge is 0.240 e. The molecule has 2 fully saturated rings. The van der Waals surface area contributed by atoms with Crippen molar-refractivity contribution >= 4 is 26.9 Å². The fraction of sp³-hybridized carbons (Fsp3) is 0.364. The lowest BCUT2D eigenvalue weighted by atomic mass is 10.1. The first-order chi connectivity index (χ1) is 14.1. The first-order valence-electron chi connectivity index (χ1n) is 10.2. The van der Waals surface area contributed by atoms with Crippen LogP contribution >= 0.6 is 0 Å². The van der Waals surface area contributed by atoms with E-state index in [2.05, 4.69) is 14.6 Å². The summed E-state index contributed by atoms with van der Waals surface area (Å²) in [4.78, 5) is 12.0. The summed E-state index contributed by atoms with van der Waals surface area (Å²) in [7, 11) is -3.43. The second kappa shape index (κ2) is 7.39. The van der Waals surface area contributed by atoms with E-state index in [1.54, 1.807) is 12.1 Å². The Morgan fingerprint density at radius 3 is 2.34 bits per heavy atom. The Bertz CT molecular complexity index is 1140. The van der Waals surface area contributed by atoms with Crippen molar-refractivity contribution in [3.8, 4) is 11.1 Å². The van der Waals surface area contributed by atoms with Gasteiger partial charge in [0.15, 0.2) is 0 Å². The van der Waals surface area contributed by atoms with E-state index in [1.807, 2.05) is 36.5 Å². The van der Waals surface area contributed by atoms with E-state index in [-0.39, 0.29) is 6.04 Å². The van der Waals surface area contributed by atoms with Gasteiger partial charge in [0, 0.05) is 19.1 Å². The third-order valence-corrected chi connectivity index (χ3v) is 7.14. The zero-order valence-corrected chi connectivity index (χ0v) is 17.0. The number of piperidine rings is 1. The van der Waals surface area contributed by atoms with Gasteiger partial charge in [-0.3, -0.25) is 4.98 Å². The molecule has 0 spiro atoms. The molecule has 1 saturated heterocycles. The number of hydrogen-bond donors (Lipinski definition) is 1. The molecule has 0 amide bonds. The van der Waals surface area contributed by atoms with Gasteiger partial charge in [-0.15, -0.1) is 0 Å². The maximum atomic E-state index is 12.4. The summed E-state index contributed by atoms with van der Waals surface area (Å²) in [6.45, 7) is 2.06. The Kier molecular flexibility index (Phi) is 4.72. The third-order valence-electron chi connectivity index (χ3n) is 5.61. The molecule has 2 aromatic carbocycles. The van der Waals surface area contributed by atoms with Gasteiger partial charge in [0.2, 0.25) is 10.0 Å². The van der Waals surface area contributed by atoms with Crippen molar-refractivity contribution in [3.05, 3.63) is 48.7 Å². The van der Waals surface area contributed by atoms with E-state index >= 15 is 0 Å². The molecule has 0 bridgehead atoms. The molecule has 1 N–H and O–H groups in total. The maximum absolute atomic E-state index is 12.4. The van der Waals surface area contributed by atoms with Gasteiger partial charge >= 0.3 is 0 Å². The molecule has 0 unspecified atom stereocenters. The first-order valence-corrected chi connectivity index (χ1v) is 11.7. The van der Waals surface area contributed by atoms with Crippen LogP contribution in [0.4, 0.5) is 5.82 Å². The van der Waals surface area contributed by atoms with Crippen LogP contribution in [0.2, 0.25) is 0 Å². The number of anilines is 1. The normalized spacial score (nSPS) is 17.6. The lowest BCUT2D eigenvalue weighted by Gasteiger charge is -2.27. The third kappa shape index (κ3) is 3.97. The first kappa shape index (κ1) is 18.5. The van der Waals surface area contributed by atoms with Crippen molar-refractivity contribution in [2.75, 3.05) is 18.0 Å². The molecule has 5 rings (SSSR count). The molecule has 2 aliphatic rings. The van der Waals surface area contributed by atoms with Crippen LogP contribution in [0.25, 0.3) is 22.2 Å². The van der Waals surface area contributed by atoms with Gasteiger partial charge in [-0.05, 0) is 67.5 Å². The lowest BCUT2D eigenvalue weighted by molar-refractivity contribution is 0.573. The summed E-state index contributed by atoms with van der Waals surface area (Å²) in [5.74, 6) is 0.932. The maximum Gasteiger partial charge on any atom is 0.240 e. The molecule has 1 aromatic heterocycles. The van der Waals surface area contributed by atoms with Crippen molar-refractivity contribution < 1.29 is 8.42 Å². The summed E-state index contributed by atoms with van der Waals surface area (Å²) in [5, 5.41) is 0. The minimum absolute atomic E-state index is 0.104. The molecule has 1 saturated carbocycles. The Morgan fingerprint density at radius 2 is 1.62 bits per heavy atom. The summed E-state index contributed by atoms with van der Waals surface area (Å²) in [5.41, 5.74) is 3.68. The van der Waals surface area contributed by atoms with Gasteiger partial charge < -0.3 is 4.90 Å². The zero-order valence-electron chi connectivity index (χ0n) is 16.2. The van der Waals surface area contributed by atoms with Crippen molar-refractivity contribution in [2.24, 2.45) is 0 Å². The van der Waals surface area contributed by atoms with Gasteiger partial charge in [-0.1, -0.05) is 18.2 Å². The van der Waals surface area contributed by atoms with Crippen LogP contribution in [0.5, 0.6) is 0 Å². The van der Waals surface area contributed by atoms with Crippen molar-refractivity contribution in [2.45, 2.75) is 43.0 Å². The Balaban J connectivity index is 1.43. The molecule has 2 heterocycles. The molecule has 7 heteroatoms. The predicted molar refractivity (Wildman–Crippen MR) is 114 cm³/mol. The molecule has 1 aliphatic carbocycles. The van der Waals surface area contributed by atoms with E-state index in [0.29, 0.717) is 4.90 Å². The number of nitrogens with zero attached hydrogens (tertiary/aromatic N) is 3. The SMILES string of the molecule is O=S(=O)(NC1CC1)c1ccc(-c2ccc3ncc(N4CCCCC4)nc3c2)cc1. The zero-order chi connectivity index (χ0) is 19.8. The second-order valence-corrected chi connectivity index (χ2v) is 9.61. The van der Waals surface area contributed by atoms with Gasteiger partial charge in [0.1, 0.15) is 5.82 Å². The molecule has 0 radical (unpaired) electrons. The quantitative estimate of drug-likeness (QED) is 0.696. The summed E-state index contributed by atoms with van der Waals surface area (Å²) in [6, 6.07) is 13.1. The van der Waals surface area contributed by atoms with Crippen molar-refractivity contribution in [1.82, 2.24) is 14.7 Å². The van der Waals surface area contributed by atoms with Crippen LogP contribution in [0, 0.1) is 0 Å². The molecule has 150 valence electrons. The monoisotopic (exact) mass is 408 g/mol. The fourth-order valence-electron chi connectivity index (χ4n) is 3.77. The topological polar surface area (TPSA) is 75.2 Å². The van der Waals surface area contributed by atoms with Crippen LogP contribution in [0.1, 0.15) is 32.1 Å². The fourth-order valence-corrected chi connectivity index (χ4v) is 5.08. The molecule has 3 aromatic rings. The number of benzene rings is 2. The van der Waals surface area contributed by atoms with Crippen LogP contribution in [0.3, 0.4) is 0 Å². The number of sulfonamides is 1. The van der Waals surface area contributed by atoms with Crippen molar-refractivity contribution in [3.63, 3.8) is 0 Å². The summed E-state index contributed by atoms with van der Waals surface area (Å²) >= 11 is 0. The number of fused-ring (bicyclic) bond motifs is 1. The van der Waals surface area contributed by atoms with Crippen LogP contribution < -0.4 is 9.62 Å². The largest absolute Gasteiger partial charge is 0.355 e.